The lowest BCUT2D eigenvalue weighted by molar-refractivity contribution is 0.406. The summed E-state index contributed by atoms with van der Waals surface area (Å²) in [4.78, 5) is 0. The molecule has 1 nitrogen and oxygen atoms in total. The van der Waals surface area contributed by atoms with Crippen molar-refractivity contribution in [3.8, 4) is 5.75 Å². The second kappa shape index (κ2) is 6.95. The van der Waals surface area contributed by atoms with Gasteiger partial charge in [0.05, 0.1) is 7.11 Å². The number of methoxy groups -OCH3 is 1. The topological polar surface area (TPSA) is 9.23 Å². The minimum absolute atomic E-state index is 0.895. The first-order valence-corrected chi connectivity index (χ1v) is 7.59. The molecule has 0 aliphatic carbocycles. The summed E-state index contributed by atoms with van der Waals surface area (Å²) in [5, 5.41) is 0. The summed E-state index contributed by atoms with van der Waals surface area (Å²) in [6, 6.07) is 27.5. The molecule has 0 fully saturated rings. The molecule has 1 heteroatoms. The molecule has 0 aromatic heterocycles. The summed E-state index contributed by atoms with van der Waals surface area (Å²) >= 11 is 0. The van der Waals surface area contributed by atoms with Crippen LogP contribution >= 0.6 is 0 Å². The maximum Gasteiger partial charge on any atom is 0.125 e. The van der Waals surface area contributed by atoms with Crippen LogP contribution < -0.4 is 4.74 Å². The van der Waals surface area contributed by atoms with Crippen molar-refractivity contribution in [3.63, 3.8) is 0 Å². The van der Waals surface area contributed by atoms with Crippen molar-refractivity contribution in [2.75, 3.05) is 7.11 Å². The molecule has 22 heavy (non-hydrogen) atoms. The zero-order valence-corrected chi connectivity index (χ0v) is 12.8. The molecule has 0 saturated heterocycles. The first-order valence-electron chi connectivity index (χ1n) is 7.59. The van der Waals surface area contributed by atoms with Gasteiger partial charge in [-0.05, 0) is 22.3 Å². The van der Waals surface area contributed by atoms with Crippen LogP contribution in [-0.4, -0.2) is 7.11 Å². The molecule has 0 heterocycles. The minimum atomic E-state index is 0.895. The fraction of sp³-hybridized carbons (Fsp3) is 0.143. The van der Waals surface area contributed by atoms with Crippen LogP contribution in [0.4, 0.5) is 0 Å². The third-order valence-electron chi connectivity index (χ3n) is 3.86. The molecule has 0 radical (unpaired) electrons. The number of hydrogen-bond acceptors (Lipinski definition) is 1. The lowest BCUT2D eigenvalue weighted by atomic mass is 9.97. The predicted molar refractivity (Wildman–Crippen MR) is 91.5 cm³/mol. The number of rotatable bonds is 5. The Morgan fingerprint density at radius 1 is 0.591 bits per heavy atom. The van der Waals surface area contributed by atoms with E-state index in [9.17, 15) is 0 Å². The Bertz CT molecular complexity index is 658. The second-order valence-electron chi connectivity index (χ2n) is 5.43. The zero-order valence-electron chi connectivity index (χ0n) is 12.8. The van der Waals surface area contributed by atoms with Crippen LogP contribution in [0.1, 0.15) is 22.3 Å². The van der Waals surface area contributed by atoms with Crippen LogP contribution in [0.3, 0.4) is 0 Å². The normalized spacial score (nSPS) is 10.4. The van der Waals surface area contributed by atoms with Crippen molar-refractivity contribution in [1.82, 2.24) is 0 Å². The average molecular weight is 288 g/mol. The van der Waals surface area contributed by atoms with Gasteiger partial charge in [0.15, 0.2) is 0 Å². The van der Waals surface area contributed by atoms with E-state index in [4.69, 9.17) is 4.74 Å². The first-order chi connectivity index (χ1) is 10.9. The Kier molecular flexibility index (Phi) is 4.55. The van der Waals surface area contributed by atoms with Crippen molar-refractivity contribution < 1.29 is 4.74 Å². The van der Waals surface area contributed by atoms with E-state index in [1.807, 2.05) is 12.1 Å². The lowest BCUT2D eigenvalue weighted by Gasteiger charge is -2.14. The molecule has 0 atom stereocenters. The van der Waals surface area contributed by atoms with Gasteiger partial charge in [0.2, 0.25) is 0 Å². The van der Waals surface area contributed by atoms with Gasteiger partial charge in [0.25, 0.3) is 0 Å². The van der Waals surface area contributed by atoms with Crippen LogP contribution in [0, 0.1) is 0 Å². The van der Waals surface area contributed by atoms with Gasteiger partial charge >= 0.3 is 0 Å². The highest BCUT2D eigenvalue weighted by Gasteiger charge is 2.10. The molecule has 3 aromatic carbocycles. The van der Waals surface area contributed by atoms with Crippen molar-refractivity contribution in [1.29, 1.82) is 0 Å². The molecule has 3 rings (SSSR count). The lowest BCUT2D eigenvalue weighted by Crippen LogP contribution is -1.99. The van der Waals surface area contributed by atoms with Gasteiger partial charge in [0.1, 0.15) is 5.75 Å². The standard InChI is InChI=1S/C21H20O/c1-22-21-19(15-17-9-4-2-5-10-17)13-8-14-20(21)16-18-11-6-3-7-12-18/h2-14H,15-16H2,1H3. The van der Waals surface area contributed by atoms with E-state index in [1.165, 1.54) is 22.3 Å². The highest BCUT2D eigenvalue weighted by Crippen LogP contribution is 2.28. The molecule has 0 saturated carbocycles. The van der Waals surface area contributed by atoms with Crippen molar-refractivity contribution >= 4 is 0 Å². The fourth-order valence-electron chi connectivity index (χ4n) is 2.81. The highest BCUT2D eigenvalue weighted by molar-refractivity contribution is 5.46. The summed E-state index contributed by atoms with van der Waals surface area (Å²) in [6.45, 7) is 0. The SMILES string of the molecule is COc1c(Cc2ccccc2)cccc1Cc1ccccc1. The maximum atomic E-state index is 5.72. The Labute approximate surface area is 132 Å². The van der Waals surface area contributed by atoms with Crippen LogP contribution in [0.2, 0.25) is 0 Å². The number of ether oxygens (including phenoxy) is 1. The Hall–Kier alpha value is -2.54. The van der Waals surface area contributed by atoms with E-state index in [-0.39, 0.29) is 0 Å². The molecule has 0 unspecified atom stereocenters. The third-order valence-corrected chi connectivity index (χ3v) is 3.86. The van der Waals surface area contributed by atoms with E-state index in [0.29, 0.717) is 0 Å². The largest absolute Gasteiger partial charge is 0.496 e. The molecule has 0 N–H and O–H groups in total. The number of hydrogen-bond donors (Lipinski definition) is 0. The molecule has 0 bridgehead atoms. The monoisotopic (exact) mass is 288 g/mol. The number of benzene rings is 3. The molecule has 110 valence electrons. The van der Waals surface area contributed by atoms with Gasteiger partial charge in [-0.3, -0.25) is 0 Å². The summed E-state index contributed by atoms with van der Waals surface area (Å²) < 4.78 is 5.72. The Morgan fingerprint density at radius 2 is 1.05 bits per heavy atom. The van der Waals surface area contributed by atoms with Crippen LogP contribution in [0.25, 0.3) is 0 Å². The summed E-state index contributed by atoms with van der Waals surface area (Å²) in [5.41, 5.74) is 5.08. The van der Waals surface area contributed by atoms with Crippen molar-refractivity contribution in [2.45, 2.75) is 12.8 Å². The van der Waals surface area contributed by atoms with E-state index >= 15 is 0 Å². The molecule has 0 aliphatic heterocycles. The van der Waals surface area contributed by atoms with Crippen molar-refractivity contribution in [2.24, 2.45) is 0 Å². The highest BCUT2D eigenvalue weighted by atomic mass is 16.5. The molecule has 0 aliphatic rings. The van der Waals surface area contributed by atoms with Crippen LogP contribution in [-0.2, 0) is 12.8 Å². The van der Waals surface area contributed by atoms with Gasteiger partial charge in [0, 0.05) is 12.8 Å². The second-order valence-corrected chi connectivity index (χ2v) is 5.43. The fourth-order valence-corrected chi connectivity index (χ4v) is 2.81. The van der Waals surface area contributed by atoms with Gasteiger partial charge in [-0.1, -0.05) is 78.9 Å². The quantitative estimate of drug-likeness (QED) is 0.650. The minimum Gasteiger partial charge on any atom is -0.496 e. The van der Waals surface area contributed by atoms with E-state index in [2.05, 4.69) is 66.7 Å². The predicted octanol–water partition coefficient (Wildman–Crippen LogP) is 4.88. The summed E-state index contributed by atoms with van der Waals surface area (Å²) in [6.07, 6.45) is 1.79. The maximum absolute atomic E-state index is 5.72. The summed E-state index contributed by atoms with van der Waals surface area (Å²) in [7, 11) is 1.76. The molecular weight excluding hydrogens is 268 g/mol. The van der Waals surface area contributed by atoms with E-state index < -0.39 is 0 Å². The number of para-hydroxylation sites is 1. The molecule has 3 aromatic rings. The average Bonchev–Trinajstić information content (AvgIpc) is 2.57. The summed E-state index contributed by atoms with van der Waals surface area (Å²) in [5.74, 6) is 1.01. The van der Waals surface area contributed by atoms with Gasteiger partial charge in [-0.15, -0.1) is 0 Å². The van der Waals surface area contributed by atoms with Crippen LogP contribution in [0.15, 0.2) is 78.9 Å². The van der Waals surface area contributed by atoms with Gasteiger partial charge < -0.3 is 4.74 Å². The van der Waals surface area contributed by atoms with Crippen molar-refractivity contribution in [3.05, 3.63) is 101 Å². The molecule has 0 spiro atoms. The Morgan fingerprint density at radius 3 is 1.45 bits per heavy atom. The zero-order chi connectivity index (χ0) is 15.2. The third kappa shape index (κ3) is 3.37. The van der Waals surface area contributed by atoms with E-state index in [1.54, 1.807) is 7.11 Å². The Balaban J connectivity index is 1.90. The van der Waals surface area contributed by atoms with E-state index in [0.717, 1.165) is 18.6 Å². The van der Waals surface area contributed by atoms with Crippen LogP contribution in [0.5, 0.6) is 5.75 Å². The van der Waals surface area contributed by atoms with Gasteiger partial charge in [-0.2, -0.15) is 0 Å². The molecule has 0 amide bonds. The first kappa shape index (κ1) is 14.4. The molecular formula is C21H20O. The smallest absolute Gasteiger partial charge is 0.125 e. The van der Waals surface area contributed by atoms with Gasteiger partial charge in [-0.25, -0.2) is 0 Å².